The van der Waals surface area contributed by atoms with Crippen molar-refractivity contribution in [3.05, 3.63) is 0 Å². The Morgan fingerprint density at radius 1 is 1.50 bits per heavy atom. The molecule has 1 saturated carbocycles. The molecule has 70 valence electrons. The normalized spacial score (nSPS) is 53.8. The summed E-state index contributed by atoms with van der Waals surface area (Å²) in [7, 11) is 0. The van der Waals surface area contributed by atoms with E-state index in [9.17, 15) is 5.11 Å². The fraction of sp³-hybridized carbons (Fsp3) is 1.00. The summed E-state index contributed by atoms with van der Waals surface area (Å²) in [6.07, 6.45) is 3.25. The zero-order chi connectivity index (χ0) is 8.77. The van der Waals surface area contributed by atoms with E-state index >= 15 is 0 Å². The van der Waals surface area contributed by atoms with Gasteiger partial charge in [0.05, 0.1) is 11.7 Å². The SMILES string of the molecule is C[C@@H]1CO[C@@H]2C[C@H]1CC[C@]2(C)O. The maximum Gasteiger partial charge on any atom is 0.0880 e. The Morgan fingerprint density at radius 3 is 3.00 bits per heavy atom. The van der Waals surface area contributed by atoms with Crippen LogP contribution in [0.5, 0.6) is 0 Å². The Kier molecular flexibility index (Phi) is 1.92. The van der Waals surface area contributed by atoms with Crippen LogP contribution in [0.2, 0.25) is 0 Å². The highest BCUT2D eigenvalue weighted by atomic mass is 16.5. The highest BCUT2D eigenvalue weighted by Crippen LogP contribution is 2.41. The van der Waals surface area contributed by atoms with E-state index in [1.807, 2.05) is 6.92 Å². The lowest BCUT2D eigenvalue weighted by molar-refractivity contribution is -0.172. The molecule has 0 aromatic carbocycles. The Balaban J connectivity index is 2.09. The first-order chi connectivity index (χ1) is 5.59. The lowest BCUT2D eigenvalue weighted by atomic mass is 9.71. The van der Waals surface area contributed by atoms with Crippen LogP contribution < -0.4 is 0 Å². The van der Waals surface area contributed by atoms with E-state index in [0.717, 1.165) is 25.4 Å². The molecule has 4 atom stereocenters. The molecule has 0 spiro atoms. The fourth-order valence-electron chi connectivity index (χ4n) is 2.45. The summed E-state index contributed by atoms with van der Waals surface area (Å²) in [6, 6.07) is 0. The van der Waals surface area contributed by atoms with Crippen molar-refractivity contribution in [2.75, 3.05) is 6.61 Å². The van der Waals surface area contributed by atoms with Crippen molar-refractivity contribution in [2.24, 2.45) is 11.8 Å². The van der Waals surface area contributed by atoms with E-state index in [-0.39, 0.29) is 6.10 Å². The lowest BCUT2D eigenvalue weighted by Gasteiger charge is -2.46. The van der Waals surface area contributed by atoms with E-state index in [2.05, 4.69) is 6.92 Å². The van der Waals surface area contributed by atoms with Crippen LogP contribution in [0.1, 0.15) is 33.1 Å². The summed E-state index contributed by atoms with van der Waals surface area (Å²) in [5.74, 6) is 1.49. The predicted molar refractivity (Wildman–Crippen MR) is 46.9 cm³/mol. The molecular formula is C10H18O2. The summed E-state index contributed by atoms with van der Waals surface area (Å²) in [5, 5.41) is 9.95. The average molecular weight is 170 g/mol. The second kappa shape index (κ2) is 2.71. The molecule has 0 unspecified atom stereocenters. The van der Waals surface area contributed by atoms with Gasteiger partial charge in [0, 0.05) is 6.61 Å². The van der Waals surface area contributed by atoms with Gasteiger partial charge in [-0.25, -0.2) is 0 Å². The summed E-state index contributed by atoms with van der Waals surface area (Å²) >= 11 is 0. The first kappa shape index (κ1) is 8.52. The van der Waals surface area contributed by atoms with Crippen LogP contribution in [0.25, 0.3) is 0 Å². The Bertz CT molecular complexity index is 177. The van der Waals surface area contributed by atoms with E-state index in [1.165, 1.54) is 6.42 Å². The van der Waals surface area contributed by atoms with Crippen LogP contribution in [-0.2, 0) is 4.74 Å². The summed E-state index contributed by atoms with van der Waals surface area (Å²) < 4.78 is 5.63. The maximum atomic E-state index is 9.95. The van der Waals surface area contributed by atoms with Gasteiger partial charge in [-0.3, -0.25) is 0 Å². The third-order valence-corrected chi connectivity index (χ3v) is 3.60. The van der Waals surface area contributed by atoms with Crippen LogP contribution in [-0.4, -0.2) is 23.4 Å². The van der Waals surface area contributed by atoms with Gasteiger partial charge < -0.3 is 9.84 Å². The molecule has 0 amide bonds. The Labute approximate surface area is 73.9 Å². The summed E-state index contributed by atoms with van der Waals surface area (Å²) in [6.45, 7) is 5.00. The van der Waals surface area contributed by atoms with E-state index in [0.29, 0.717) is 5.92 Å². The minimum atomic E-state index is -0.559. The topological polar surface area (TPSA) is 29.5 Å². The molecule has 1 heterocycles. The molecule has 2 rings (SSSR count). The Hall–Kier alpha value is -0.0800. The van der Waals surface area contributed by atoms with Crippen LogP contribution in [0.3, 0.4) is 0 Å². The first-order valence-corrected chi connectivity index (χ1v) is 4.93. The Morgan fingerprint density at radius 2 is 2.25 bits per heavy atom. The van der Waals surface area contributed by atoms with Gasteiger partial charge in [0.1, 0.15) is 0 Å². The number of hydrogen-bond acceptors (Lipinski definition) is 2. The number of ether oxygens (including phenoxy) is 1. The molecule has 2 heteroatoms. The van der Waals surface area contributed by atoms with E-state index in [4.69, 9.17) is 4.74 Å². The van der Waals surface area contributed by atoms with Crippen molar-refractivity contribution in [2.45, 2.75) is 44.8 Å². The highest BCUT2D eigenvalue weighted by Gasteiger charge is 2.43. The molecular weight excluding hydrogens is 152 g/mol. The number of aliphatic hydroxyl groups is 1. The fourth-order valence-corrected chi connectivity index (χ4v) is 2.45. The van der Waals surface area contributed by atoms with Gasteiger partial charge in [-0.2, -0.15) is 0 Å². The van der Waals surface area contributed by atoms with E-state index < -0.39 is 5.60 Å². The van der Waals surface area contributed by atoms with Crippen molar-refractivity contribution in [3.63, 3.8) is 0 Å². The van der Waals surface area contributed by atoms with Crippen molar-refractivity contribution in [1.82, 2.24) is 0 Å². The largest absolute Gasteiger partial charge is 0.387 e. The van der Waals surface area contributed by atoms with Gasteiger partial charge in [-0.1, -0.05) is 6.92 Å². The van der Waals surface area contributed by atoms with Gasteiger partial charge in [0.25, 0.3) is 0 Å². The van der Waals surface area contributed by atoms with Crippen LogP contribution >= 0.6 is 0 Å². The molecule has 1 saturated heterocycles. The molecule has 12 heavy (non-hydrogen) atoms. The molecule has 2 fully saturated rings. The molecule has 0 aromatic rings. The third-order valence-electron chi connectivity index (χ3n) is 3.60. The van der Waals surface area contributed by atoms with Crippen LogP contribution in [0.15, 0.2) is 0 Å². The number of fused-ring (bicyclic) bond motifs is 2. The van der Waals surface area contributed by atoms with Crippen molar-refractivity contribution in [1.29, 1.82) is 0 Å². The molecule has 2 aliphatic rings. The molecule has 0 radical (unpaired) electrons. The molecule has 2 nitrogen and oxygen atoms in total. The monoisotopic (exact) mass is 170 g/mol. The standard InChI is InChI=1S/C10H18O2/c1-7-6-12-9-5-8(7)3-4-10(9,2)11/h7-9,11H,3-6H2,1-2H3/t7-,8-,9-,10+/m1/s1. The van der Waals surface area contributed by atoms with Crippen LogP contribution in [0.4, 0.5) is 0 Å². The second-order valence-corrected chi connectivity index (χ2v) is 4.69. The second-order valence-electron chi connectivity index (χ2n) is 4.69. The maximum absolute atomic E-state index is 9.95. The number of rotatable bonds is 0. The van der Waals surface area contributed by atoms with Gasteiger partial charge >= 0.3 is 0 Å². The van der Waals surface area contributed by atoms with Crippen molar-refractivity contribution < 1.29 is 9.84 Å². The molecule has 1 aliphatic heterocycles. The minimum absolute atomic E-state index is 0.104. The van der Waals surface area contributed by atoms with E-state index in [1.54, 1.807) is 0 Å². The lowest BCUT2D eigenvalue weighted by Crippen LogP contribution is -2.51. The smallest absolute Gasteiger partial charge is 0.0880 e. The minimum Gasteiger partial charge on any atom is -0.387 e. The van der Waals surface area contributed by atoms with Gasteiger partial charge in [0.15, 0.2) is 0 Å². The summed E-state index contributed by atoms with van der Waals surface area (Å²) in [4.78, 5) is 0. The first-order valence-electron chi connectivity index (χ1n) is 4.93. The van der Waals surface area contributed by atoms with Crippen LogP contribution in [0, 0.1) is 11.8 Å². The molecule has 1 N–H and O–H groups in total. The third kappa shape index (κ3) is 1.27. The summed E-state index contributed by atoms with van der Waals surface area (Å²) in [5.41, 5.74) is -0.559. The predicted octanol–water partition coefficient (Wildman–Crippen LogP) is 1.57. The van der Waals surface area contributed by atoms with Gasteiger partial charge in [0.2, 0.25) is 0 Å². The van der Waals surface area contributed by atoms with Gasteiger partial charge in [-0.05, 0) is 38.0 Å². The molecule has 1 aliphatic carbocycles. The van der Waals surface area contributed by atoms with Gasteiger partial charge in [-0.15, -0.1) is 0 Å². The highest BCUT2D eigenvalue weighted by molar-refractivity contribution is 4.94. The zero-order valence-corrected chi connectivity index (χ0v) is 7.92. The van der Waals surface area contributed by atoms with Crippen molar-refractivity contribution >= 4 is 0 Å². The zero-order valence-electron chi connectivity index (χ0n) is 7.92. The molecule has 2 bridgehead atoms. The molecule has 0 aromatic heterocycles. The average Bonchev–Trinajstić information content (AvgIpc) is 2.02. The van der Waals surface area contributed by atoms with Crippen molar-refractivity contribution in [3.8, 4) is 0 Å². The number of hydrogen-bond donors (Lipinski definition) is 1. The quantitative estimate of drug-likeness (QED) is 0.598.